The second kappa shape index (κ2) is 11.6. The first-order chi connectivity index (χ1) is 15.8. The third-order valence-electron chi connectivity index (χ3n) is 4.55. The van der Waals surface area contributed by atoms with E-state index < -0.39 is 27.7 Å². The first kappa shape index (κ1) is 27.5. The van der Waals surface area contributed by atoms with Crippen LogP contribution in [0.25, 0.3) is 16.1 Å². The molecule has 2 rings (SSSR count). The van der Waals surface area contributed by atoms with E-state index in [2.05, 4.69) is 5.32 Å². The number of allylic oxidation sites excluding steroid dienone is 1. The minimum Gasteiger partial charge on any atom is -0.463 e. The number of nitrogens with one attached hydrogen (secondary N) is 2. The highest BCUT2D eigenvalue weighted by Crippen LogP contribution is 2.33. The lowest BCUT2D eigenvalue weighted by atomic mass is 10.2. The molecule has 0 aliphatic carbocycles. The molecule has 0 unspecified atom stereocenters. The van der Waals surface area contributed by atoms with E-state index in [4.69, 9.17) is 10.1 Å². The number of carbonyl (C=O) groups excluding carboxylic acids is 1. The maximum atomic E-state index is 13.0. The number of alkyl halides is 3. The molecule has 0 saturated carbocycles. The number of rotatable bonds is 11. The number of esters is 1. The van der Waals surface area contributed by atoms with Gasteiger partial charge in [0, 0.05) is 11.4 Å². The largest absolute Gasteiger partial charge is 0.463 e. The highest BCUT2D eigenvalue weighted by Gasteiger charge is 2.33. The van der Waals surface area contributed by atoms with Crippen molar-refractivity contribution in [1.82, 2.24) is 10.2 Å². The van der Waals surface area contributed by atoms with Crippen LogP contribution in [-0.2, 0) is 19.4 Å². The van der Waals surface area contributed by atoms with Gasteiger partial charge in [0.1, 0.15) is 18.9 Å². The highest BCUT2D eigenvalue weighted by molar-refractivity contribution is 7.91. The number of hydrogen-bond acceptors (Lipinski definition) is 8. The fourth-order valence-electron chi connectivity index (χ4n) is 2.64. The van der Waals surface area contributed by atoms with Gasteiger partial charge in [0.2, 0.25) is 0 Å². The Kier molecular flexibility index (Phi) is 9.42. The lowest BCUT2D eigenvalue weighted by Gasteiger charge is -2.13. The average Bonchev–Trinajstić information content (AvgIpc) is 3.25. The minimum absolute atomic E-state index is 0.0624. The third-order valence-corrected chi connectivity index (χ3v) is 7.45. The van der Waals surface area contributed by atoms with Crippen LogP contribution < -0.4 is 5.32 Å². The fourth-order valence-corrected chi connectivity index (χ4v) is 4.56. The fraction of sp³-hybridized carbons (Fsp3) is 0.364. The maximum absolute atomic E-state index is 13.0. The van der Waals surface area contributed by atoms with Crippen LogP contribution in [0.15, 0.2) is 47.4 Å². The van der Waals surface area contributed by atoms with Gasteiger partial charge in [-0.05, 0) is 50.0 Å². The van der Waals surface area contributed by atoms with E-state index in [1.54, 1.807) is 38.4 Å². The van der Waals surface area contributed by atoms with Crippen LogP contribution in [0.2, 0.25) is 0 Å². The molecule has 12 heteroatoms. The molecule has 0 amide bonds. The Labute approximate surface area is 200 Å². The first-order valence-corrected chi connectivity index (χ1v) is 12.7. The Morgan fingerprint density at radius 1 is 1.24 bits per heavy atom. The molecule has 2 N–H and O–H groups in total. The van der Waals surface area contributed by atoms with Gasteiger partial charge in [0.15, 0.2) is 9.84 Å². The van der Waals surface area contributed by atoms with Crippen molar-refractivity contribution >= 4 is 38.6 Å². The molecule has 7 nitrogen and oxygen atoms in total. The molecule has 0 atom stereocenters. The summed E-state index contributed by atoms with van der Waals surface area (Å²) >= 11 is 1.10. The third kappa shape index (κ3) is 7.96. The molecule has 0 aliphatic rings. The monoisotopic (exact) mass is 517 g/mol. The molecule has 1 heterocycles. The zero-order valence-electron chi connectivity index (χ0n) is 18.9. The quantitative estimate of drug-likeness (QED) is 0.347. The van der Waals surface area contributed by atoms with Crippen molar-refractivity contribution in [3.63, 3.8) is 0 Å². The highest BCUT2D eigenvalue weighted by atomic mass is 32.2. The molecule has 2 aromatic rings. The molecular weight excluding hydrogens is 491 g/mol. The van der Waals surface area contributed by atoms with Crippen LogP contribution in [0, 0.1) is 5.41 Å². The molecular formula is C22H26F3N3O4S2. The van der Waals surface area contributed by atoms with Gasteiger partial charge in [0.25, 0.3) is 0 Å². The van der Waals surface area contributed by atoms with Crippen molar-refractivity contribution in [2.24, 2.45) is 0 Å². The second-order valence-electron chi connectivity index (χ2n) is 7.44. The van der Waals surface area contributed by atoms with Gasteiger partial charge in [-0.2, -0.15) is 13.2 Å². The summed E-state index contributed by atoms with van der Waals surface area (Å²) in [4.78, 5) is 14.9. The SMILES string of the molecule is CCS(=O)(=O)c1cccc(-c2ccc(/C(=C/C(=N)C(F)(F)F)NCC(=O)OCCN(C)C)s2)c1. The molecule has 0 aliphatic heterocycles. The van der Waals surface area contributed by atoms with E-state index in [9.17, 15) is 26.4 Å². The standard InChI is InChI=1S/C22H26F3N3O4S2/c1-4-34(30,31)16-7-5-6-15(12-16)18-8-9-19(33-18)17(13-20(26)22(23,24)25)27-14-21(29)32-11-10-28(2)3/h5-9,12-13,26-27H,4,10-11,14H2,1-3H3/b17-13-,26-20?. The number of sulfone groups is 1. The zero-order valence-corrected chi connectivity index (χ0v) is 20.5. The van der Waals surface area contributed by atoms with E-state index >= 15 is 0 Å². The predicted octanol–water partition coefficient (Wildman–Crippen LogP) is 3.83. The van der Waals surface area contributed by atoms with Crippen LogP contribution >= 0.6 is 11.3 Å². The van der Waals surface area contributed by atoms with Crippen LogP contribution in [0.1, 0.15) is 11.8 Å². The molecule has 1 aromatic heterocycles. The molecule has 0 radical (unpaired) electrons. The van der Waals surface area contributed by atoms with E-state index in [1.807, 2.05) is 4.90 Å². The molecule has 0 bridgehead atoms. The van der Waals surface area contributed by atoms with E-state index in [1.165, 1.54) is 19.1 Å². The summed E-state index contributed by atoms with van der Waals surface area (Å²) in [5.41, 5.74) is -1.07. The summed E-state index contributed by atoms with van der Waals surface area (Å²) < 4.78 is 68.3. The molecule has 1 aromatic carbocycles. The number of carbonyl (C=O) groups is 1. The molecule has 34 heavy (non-hydrogen) atoms. The molecule has 0 spiro atoms. The Balaban J connectivity index is 2.29. The second-order valence-corrected chi connectivity index (χ2v) is 10.8. The Bertz CT molecular complexity index is 1160. The smallest absolute Gasteiger partial charge is 0.432 e. The van der Waals surface area contributed by atoms with Gasteiger partial charge in [0.05, 0.1) is 21.2 Å². The molecule has 0 fully saturated rings. The topological polar surface area (TPSA) is 99.6 Å². The average molecular weight is 518 g/mol. The Morgan fingerprint density at radius 2 is 1.94 bits per heavy atom. The van der Waals surface area contributed by atoms with Crippen molar-refractivity contribution in [3.05, 3.63) is 47.4 Å². The first-order valence-electron chi connectivity index (χ1n) is 10.2. The van der Waals surface area contributed by atoms with Gasteiger partial charge in [-0.25, -0.2) is 8.42 Å². The van der Waals surface area contributed by atoms with Crippen molar-refractivity contribution in [3.8, 4) is 10.4 Å². The lowest BCUT2D eigenvalue weighted by Crippen LogP contribution is -2.28. The predicted molar refractivity (Wildman–Crippen MR) is 127 cm³/mol. The van der Waals surface area contributed by atoms with E-state index in [0.29, 0.717) is 27.9 Å². The van der Waals surface area contributed by atoms with Crippen LogP contribution in [-0.4, -0.2) is 70.7 Å². The van der Waals surface area contributed by atoms with Crippen molar-refractivity contribution in [2.75, 3.05) is 39.5 Å². The number of thiophene rings is 1. The van der Waals surface area contributed by atoms with Crippen LogP contribution in [0.5, 0.6) is 0 Å². The number of likely N-dealkylation sites (N-methyl/N-ethyl adjacent to an activating group) is 1. The summed E-state index contributed by atoms with van der Waals surface area (Å²) in [5, 5.41) is 9.96. The number of halogens is 3. The summed E-state index contributed by atoms with van der Waals surface area (Å²) in [6, 6.07) is 9.46. The van der Waals surface area contributed by atoms with Crippen LogP contribution in [0.4, 0.5) is 13.2 Å². The van der Waals surface area contributed by atoms with Crippen molar-refractivity contribution in [1.29, 1.82) is 5.41 Å². The van der Waals surface area contributed by atoms with Crippen LogP contribution in [0.3, 0.4) is 0 Å². The van der Waals surface area contributed by atoms with Crippen molar-refractivity contribution in [2.45, 2.75) is 18.0 Å². The van der Waals surface area contributed by atoms with Gasteiger partial charge in [-0.1, -0.05) is 19.1 Å². The Morgan fingerprint density at radius 3 is 2.56 bits per heavy atom. The summed E-state index contributed by atoms with van der Waals surface area (Å²) in [7, 11) is 0.178. The summed E-state index contributed by atoms with van der Waals surface area (Å²) in [6.45, 7) is 1.77. The number of benzene rings is 1. The van der Waals surface area contributed by atoms with E-state index in [-0.39, 0.29) is 29.5 Å². The zero-order chi connectivity index (χ0) is 25.5. The normalized spacial score (nSPS) is 12.6. The van der Waals surface area contributed by atoms with Gasteiger partial charge < -0.3 is 15.0 Å². The molecule has 0 saturated heterocycles. The minimum atomic E-state index is -4.86. The Hall–Kier alpha value is -2.70. The summed E-state index contributed by atoms with van der Waals surface area (Å²) in [6.07, 6.45) is -4.25. The summed E-state index contributed by atoms with van der Waals surface area (Å²) in [5.74, 6) is -0.715. The van der Waals surface area contributed by atoms with Gasteiger partial charge in [-0.15, -0.1) is 11.3 Å². The number of hydrogen-bond donors (Lipinski definition) is 2. The molecule has 186 valence electrons. The lowest BCUT2D eigenvalue weighted by molar-refractivity contribution is -0.142. The van der Waals surface area contributed by atoms with E-state index in [0.717, 1.165) is 11.3 Å². The van der Waals surface area contributed by atoms with Gasteiger partial charge in [-0.3, -0.25) is 10.2 Å². The van der Waals surface area contributed by atoms with Gasteiger partial charge >= 0.3 is 12.1 Å². The number of nitrogens with zero attached hydrogens (tertiary/aromatic N) is 1. The maximum Gasteiger partial charge on any atom is 0.432 e. The number of ether oxygens (including phenoxy) is 1. The van der Waals surface area contributed by atoms with Crippen molar-refractivity contribution < 1.29 is 31.1 Å².